The zero-order chi connectivity index (χ0) is 12.1. The average Bonchev–Trinajstić information content (AvgIpc) is 2.23. The van der Waals surface area contributed by atoms with Crippen molar-refractivity contribution >= 4 is 55.1 Å². The first kappa shape index (κ1) is 13.8. The first-order chi connectivity index (χ1) is 7.58. The summed E-state index contributed by atoms with van der Waals surface area (Å²) >= 11 is 12.3. The molecule has 0 radical (unpaired) electrons. The monoisotopic (exact) mass is 369 g/mol. The van der Waals surface area contributed by atoms with Crippen LogP contribution in [0, 0.1) is 0 Å². The highest BCUT2D eigenvalue weighted by atomic mass is 79.9. The number of ether oxygens (including phenoxy) is 1. The van der Waals surface area contributed by atoms with Gasteiger partial charge in [-0.15, -0.1) is 0 Å². The van der Waals surface area contributed by atoms with Crippen LogP contribution >= 0.6 is 43.5 Å². The van der Waals surface area contributed by atoms with Crippen LogP contribution in [-0.2, 0) is 4.79 Å². The summed E-state index contributed by atoms with van der Waals surface area (Å²) in [4.78, 5) is 11.3. The Morgan fingerprint density at radius 3 is 2.81 bits per heavy atom. The highest BCUT2D eigenvalue weighted by molar-refractivity contribution is 9.10. The van der Waals surface area contributed by atoms with Crippen LogP contribution < -0.4 is 10.1 Å². The highest BCUT2D eigenvalue weighted by Gasteiger charge is 2.12. The van der Waals surface area contributed by atoms with Gasteiger partial charge in [-0.2, -0.15) is 0 Å². The van der Waals surface area contributed by atoms with Gasteiger partial charge in [0.2, 0.25) is 5.91 Å². The number of anilines is 1. The highest BCUT2D eigenvalue weighted by Crippen LogP contribution is 2.36. The van der Waals surface area contributed by atoms with Crippen molar-refractivity contribution in [1.82, 2.24) is 0 Å². The summed E-state index contributed by atoms with van der Waals surface area (Å²) in [6, 6.07) is 3.37. The van der Waals surface area contributed by atoms with E-state index in [2.05, 4.69) is 37.2 Å². The van der Waals surface area contributed by atoms with Crippen LogP contribution in [0.5, 0.6) is 5.75 Å². The first-order valence-corrected chi connectivity index (χ1v) is 6.85. The number of rotatable bonds is 4. The molecule has 0 unspecified atom stereocenters. The molecule has 0 bridgehead atoms. The second-order valence-corrected chi connectivity index (χ2v) is 4.73. The van der Waals surface area contributed by atoms with Gasteiger partial charge in [-0.1, -0.05) is 27.5 Å². The average molecular weight is 371 g/mol. The van der Waals surface area contributed by atoms with Crippen LogP contribution in [-0.4, -0.2) is 17.8 Å². The summed E-state index contributed by atoms with van der Waals surface area (Å²) in [7, 11) is 0. The second kappa shape index (κ2) is 6.47. The van der Waals surface area contributed by atoms with Gasteiger partial charge in [-0.05, 0) is 35.0 Å². The molecule has 0 spiro atoms. The summed E-state index contributed by atoms with van der Waals surface area (Å²) in [5, 5.41) is 3.45. The van der Waals surface area contributed by atoms with Gasteiger partial charge < -0.3 is 10.1 Å². The number of nitrogens with one attached hydrogen (secondary N) is 1. The minimum Gasteiger partial charge on any atom is -0.491 e. The molecule has 0 fully saturated rings. The Hall–Kier alpha value is -0.260. The van der Waals surface area contributed by atoms with Gasteiger partial charge in [0.15, 0.2) is 5.75 Å². The fourth-order valence-corrected chi connectivity index (χ4v) is 2.19. The maximum atomic E-state index is 11.3. The number of amides is 1. The SMILES string of the molecule is CCOc1c(Br)cc(Cl)cc1NC(=O)CBr. The largest absolute Gasteiger partial charge is 0.491 e. The molecule has 3 nitrogen and oxygen atoms in total. The van der Waals surface area contributed by atoms with Gasteiger partial charge in [0.05, 0.1) is 22.1 Å². The van der Waals surface area contributed by atoms with Gasteiger partial charge in [-0.3, -0.25) is 4.79 Å². The van der Waals surface area contributed by atoms with Crippen molar-refractivity contribution in [2.75, 3.05) is 17.3 Å². The Labute approximate surface area is 116 Å². The van der Waals surface area contributed by atoms with Crippen molar-refractivity contribution in [1.29, 1.82) is 0 Å². The number of hydrogen-bond donors (Lipinski definition) is 1. The first-order valence-electron chi connectivity index (χ1n) is 4.56. The molecule has 6 heteroatoms. The molecule has 0 aromatic heterocycles. The molecule has 88 valence electrons. The normalized spacial score (nSPS) is 10.0. The van der Waals surface area contributed by atoms with E-state index >= 15 is 0 Å². The third-order valence-corrected chi connectivity index (χ3v) is 3.01. The number of halogens is 3. The van der Waals surface area contributed by atoms with Crippen LogP contribution in [0.1, 0.15) is 6.92 Å². The van der Waals surface area contributed by atoms with E-state index in [1.807, 2.05) is 6.92 Å². The summed E-state index contributed by atoms with van der Waals surface area (Å²) in [5.41, 5.74) is 0.561. The third kappa shape index (κ3) is 3.64. The second-order valence-electron chi connectivity index (χ2n) is 2.88. The predicted molar refractivity (Wildman–Crippen MR) is 72.7 cm³/mol. The van der Waals surface area contributed by atoms with Gasteiger partial charge in [0.25, 0.3) is 0 Å². The summed E-state index contributed by atoms with van der Waals surface area (Å²) in [6.45, 7) is 2.38. The van der Waals surface area contributed by atoms with E-state index in [0.29, 0.717) is 27.5 Å². The van der Waals surface area contributed by atoms with Gasteiger partial charge in [0, 0.05) is 5.02 Å². The molecule has 0 aliphatic rings. The Bertz CT molecular complexity index is 399. The quantitative estimate of drug-likeness (QED) is 0.817. The molecule has 1 aromatic carbocycles. The van der Waals surface area contributed by atoms with Crippen LogP contribution in [0.15, 0.2) is 16.6 Å². The number of carbonyl (C=O) groups excluding carboxylic acids is 1. The van der Waals surface area contributed by atoms with Crippen molar-refractivity contribution < 1.29 is 9.53 Å². The molecule has 0 saturated carbocycles. The number of benzene rings is 1. The molecule has 16 heavy (non-hydrogen) atoms. The van der Waals surface area contributed by atoms with Crippen LogP contribution in [0.25, 0.3) is 0 Å². The van der Waals surface area contributed by atoms with Crippen LogP contribution in [0.2, 0.25) is 5.02 Å². The minimum atomic E-state index is -0.157. The van der Waals surface area contributed by atoms with E-state index in [-0.39, 0.29) is 11.2 Å². The van der Waals surface area contributed by atoms with Crippen molar-refractivity contribution in [2.45, 2.75) is 6.92 Å². The van der Waals surface area contributed by atoms with Gasteiger partial charge >= 0.3 is 0 Å². The molecule has 0 saturated heterocycles. The molecule has 1 N–H and O–H groups in total. The maximum absolute atomic E-state index is 11.3. The summed E-state index contributed by atoms with van der Waals surface area (Å²) < 4.78 is 6.15. The van der Waals surface area contributed by atoms with E-state index in [4.69, 9.17) is 16.3 Å². The standard InChI is InChI=1S/C10H10Br2ClNO2/c1-2-16-10-7(12)3-6(13)4-8(10)14-9(15)5-11/h3-4H,2,5H2,1H3,(H,14,15). The molecule has 1 amide bonds. The molecular formula is C10H10Br2ClNO2. The van der Waals surface area contributed by atoms with E-state index < -0.39 is 0 Å². The summed E-state index contributed by atoms with van der Waals surface area (Å²) in [6.07, 6.45) is 0. The number of alkyl halides is 1. The number of carbonyl (C=O) groups is 1. The van der Waals surface area contributed by atoms with E-state index in [0.717, 1.165) is 0 Å². The molecule has 0 aliphatic carbocycles. The van der Waals surface area contributed by atoms with Crippen LogP contribution in [0.4, 0.5) is 5.69 Å². The van der Waals surface area contributed by atoms with Crippen molar-refractivity contribution in [3.8, 4) is 5.75 Å². The lowest BCUT2D eigenvalue weighted by Crippen LogP contribution is -2.13. The maximum Gasteiger partial charge on any atom is 0.235 e. The Morgan fingerprint density at radius 1 is 1.56 bits per heavy atom. The number of hydrogen-bond acceptors (Lipinski definition) is 2. The topological polar surface area (TPSA) is 38.3 Å². The molecular weight excluding hydrogens is 361 g/mol. The molecule has 0 atom stereocenters. The fraction of sp³-hybridized carbons (Fsp3) is 0.300. The lowest BCUT2D eigenvalue weighted by atomic mass is 10.3. The van der Waals surface area contributed by atoms with Crippen molar-refractivity contribution in [2.24, 2.45) is 0 Å². The Morgan fingerprint density at radius 2 is 2.25 bits per heavy atom. The third-order valence-electron chi connectivity index (χ3n) is 1.69. The zero-order valence-electron chi connectivity index (χ0n) is 8.52. The minimum absolute atomic E-state index is 0.157. The van der Waals surface area contributed by atoms with Crippen molar-refractivity contribution in [3.05, 3.63) is 21.6 Å². The van der Waals surface area contributed by atoms with E-state index in [1.54, 1.807) is 12.1 Å². The lowest BCUT2D eigenvalue weighted by molar-refractivity contribution is -0.113. The van der Waals surface area contributed by atoms with Crippen molar-refractivity contribution in [3.63, 3.8) is 0 Å². The Kier molecular flexibility index (Phi) is 5.58. The predicted octanol–water partition coefficient (Wildman–Crippen LogP) is 3.83. The molecule has 0 aliphatic heterocycles. The smallest absolute Gasteiger partial charge is 0.235 e. The van der Waals surface area contributed by atoms with E-state index in [1.165, 1.54) is 0 Å². The molecule has 1 aromatic rings. The van der Waals surface area contributed by atoms with E-state index in [9.17, 15) is 4.79 Å². The molecule has 1 rings (SSSR count). The Balaban J connectivity index is 3.08. The lowest BCUT2D eigenvalue weighted by Gasteiger charge is -2.13. The molecule has 0 heterocycles. The van der Waals surface area contributed by atoms with Crippen LogP contribution in [0.3, 0.4) is 0 Å². The fourth-order valence-electron chi connectivity index (χ4n) is 1.13. The summed E-state index contributed by atoms with van der Waals surface area (Å²) in [5.74, 6) is 0.427. The van der Waals surface area contributed by atoms with Gasteiger partial charge in [-0.25, -0.2) is 0 Å². The van der Waals surface area contributed by atoms with Gasteiger partial charge in [0.1, 0.15) is 0 Å². The zero-order valence-corrected chi connectivity index (χ0v) is 12.4.